The lowest BCUT2D eigenvalue weighted by Gasteiger charge is -2.57. The molecule has 8 atom stereocenters. The molecule has 1 saturated carbocycles. The Hall–Kier alpha value is -2.49. The summed E-state index contributed by atoms with van der Waals surface area (Å²) in [5.41, 5.74) is 6.15. The molecule has 37 heavy (non-hydrogen) atoms. The van der Waals surface area contributed by atoms with Crippen molar-refractivity contribution in [3.05, 3.63) is 36.0 Å². The third kappa shape index (κ3) is 4.77. The van der Waals surface area contributed by atoms with Gasteiger partial charge in [0.05, 0.1) is 32.5 Å². The average Bonchev–Trinajstić information content (AvgIpc) is 3.64. The fourth-order valence-corrected chi connectivity index (χ4v) is 6.41. The molecule has 0 amide bonds. The molecule has 2 aliphatic carbocycles. The second-order valence-electron chi connectivity index (χ2n) is 11.2. The zero-order valence-corrected chi connectivity index (χ0v) is 22.4. The van der Waals surface area contributed by atoms with E-state index in [1.54, 1.807) is 6.92 Å². The predicted molar refractivity (Wildman–Crippen MR) is 134 cm³/mol. The van der Waals surface area contributed by atoms with Crippen molar-refractivity contribution in [1.82, 2.24) is 0 Å². The van der Waals surface area contributed by atoms with E-state index in [-0.39, 0.29) is 41.7 Å². The Morgan fingerprint density at radius 2 is 1.89 bits per heavy atom. The smallest absolute Gasteiger partial charge is 0.331 e. The number of carbonyl (C=O) groups is 3. The molecule has 4 aliphatic rings. The highest BCUT2D eigenvalue weighted by molar-refractivity contribution is 5.84. The third-order valence-electron chi connectivity index (χ3n) is 9.26. The molecule has 9 heteroatoms. The summed E-state index contributed by atoms with van der Waals surface area (Å²) in [6.07, 6.45) is 10.2. The van der Waals surface area contributed by atoms with Gasteiger partial charge in [-0.25, -0.2) is 9.59 Å². The van der Waals surface area contributed by atoms with Crippen LogP contribution >= 0.6 is 0 Å². The maximum Gasteiger partial charge on any atom is 0.331 e. The Morgan fingerprint density at radius 1 is 1.22 bits per heavy atom. The zero-order valence-electron chi connectivity index (χ0n) is 22.4. The number of epoxide rings is 1. The second-order valence-corrected chi connectivity index (χ2v) is 11.2. The summed E-state index contributed by atoms with van der Waals surface area (Å²) in [6.45, 7) is 9.09. The normalized spacial score (nSPS) is 37.7. The fourth-order valence-electron chi connectivity index (χ4n) is 6.41. The average molecular weight is 518 g/mol. The fraction of sp³-hybridized carbons (Fsp3) is 0.679. The van der Waals surface area contributed by atoms with Gasteiger partial charge in [-0.15, -0.1) is 0 Å². The van der Waals surface area contributed by atoms with E-state index >= 15 is 0 Å². The number of hydrogen-bond donors (Lipinski definition) is 1. The molecule has 9 nitrogen and oxygen atoms in total. The van der Waals surface area contributed by atoms with Gasteiger partial charge < -0.3 is 29.4 Å². The summed E-state index contributed by atoms with van der Waals surface area (Å²) in [4.78, 5) is 36.1. The van der Waals surface area contributed by atoms with E-state index in [2.05, 4.69) is 31.6 Å². The van der Waals surface area contributed by atoms with E-state index in [0.717, 1.165) is 12.8 Å². The molecular weight excluding hydrogens is 478 g/mol. The van der Waals surface area contributed by atoms with Gasteiger partial charge in [0, 0.05) is 29.4 Å². The van der Waals surface area contributed by atoms with Crippen molar-refractivity contribution in [2.45, 2.75) is 83.3 Å². The number of rotatable bonds is 9. The number of ether oxygens (including phenoxy) is 5. The van der Waals surface area contributed by atoms with Crippen molar-refractivity contribution in [1.29, 1.82) is 0 Å². The number of nitrogens with two attached hydrogens (primary N) is 1. The summed E-state index contributed by atoms with van der Waals surface area (Å²) in [7, 11) is 1.28. The minimum Gasteiger partial charge on any atom is -0.468 e. The van der Waals surface area contributed by atoms with Gasteiger partial charge >= 0.3 is 17.9 Å². The molecule has 0 aromatic carbocycles. The van der Waals surface area contributed by atoms with Crippen LogP contribution in [-0.4, -0.2) is 68.2 Å². The number of methoxy groups -OCH3 is 1. The molecule has 204 valence electrons. The quantitative estimate of drug-likeness (QED) is 0.123. The van der Waals surface area contributed by atoms with Crippen LogP contribution in [0, 0.1) is 16.7 Å². The SMILES string of the molecule is COC(=O)[C@H](N)[C@H](C)CCOC(=O)/C=C/C=C\C(=O)O[C@@H]1C[C@H]2O[C@@H]3C=C(C)CC[C@]3(C)[C@]1(C)[C@]21CO1. The van der Waals surface area contributed by atoms with Crippen LogP contribution < -0.4 is 5.73 Å². The molecule has 2 saturated heterocycles. The van der Waals surface area contributed by atoms with E-state index in [1.165, 1.54) is 37.0 Å². The standard InChI is InChI=1S/C28H39NO8/c1-17-10-12-26(3)19(14-17)36-21-15-20(27(26,4)28(21)16-35-28)37-23(31)9-7-6-8-22(30)34-13-11-18(2)24(29)25(32)33-5/h6-9,14,18-21,24H,10-13,15-16,29H2,1-5H3/b8-6+,9-7-/t18-,19-,20-,21-,24-,26+,27-,28+/m1/s1. The highest BCUT2D eigenvalue weighted by Gasteiger charge is 2.81. The monoisotopic (exact) mass is 517 g/mol. The molecule has 3 fully saturated rings. The van der Waals surface area contributed by atoms with Gasteiger partial charge in [-0.3, -0.25) is 4.79 Å². The largest absolute Gasteiger partial charge is 0.468 e. The van der Waals surface area contributed by atoms with Crippen LogP contribution in [0.1, 0.15) is 53.4 Å². The van der Waals surface area contributed by atoms with Crippen LogP contribution in [0.2, 0.25) is 0 Å². The number of carbonyl (C=O) groups excluding carboxylic acids is 3. The van der Waals surface area contributed by atoms with E-state index in [9.17, 15) is 14.4 Å². The first-order valence-electron chi connectivity index (χ1n) is 13.0. The third-order valence-corrected chi connectivity index (χ3v) is 9.26. The molecule has 0 aromatic heterocycles. The van der Waals surface area contributed by atoms with Crippen molar-refractivity contribution in [3.63, 3.8) is 0 Å². The number of esters is 3. The highest BCUT2D eigenvalue weighted by Crippen LogP contribution is 2.71. The lowest BCUT2D eigenvalue weighted by atomic mass is 9.52. The predicted octanol–water partition coefficient (Wildman–Crippen LogP) is 2.77. The van der Waals surface area contributed by atoms with Crippen LogP contribution in [0.3, 0.4) is 0 Å². The van der Waals surface area contributed by atoms with Gasteiger partial charge in [-0.1, -0.05) is 44.6 Å². The molecule has 2 aliphatic heterocycles. The van der Waals surface area contributed by atoms with Crippen LogP contribution in [0.4, 0.5) is 0 Å². The lowest BCUT2D eigenvalue weighted by Crippen LogP contribution is -2.63. The molecule has 2 bridgehead atoms. The molecule has 1 spiro atoms. The first kappa shape index (κ1) is 27.5. The maximum absolute atomic E-state index is 12.7. The van der Waals surface area contributed by atoms with Gasteiger partial charge in [0.1, 0.15) is 17.7 Å². The first-order valence-corrected chi connectivity index (χ1v) is 13.0. The molecule has 4 rings (SSSR count). The summed E-state index contributed by atoms with van der Waals surface area (Å²) >= 11 is 0. The molecule has 2 heterocycles. The lowest BCUT2D eigenvalue weighted by molar-refractivity contribution is -0.209. The van der Waals surface area contributed by atoms with E-state index in [0.29, 0.717) is 19.4 Å². The van der Waals surface area contributed by atoms with Gasteiger partial charge in [-0.05, 0) is 32.1 Å². The Kier molecular flexibility index (Phi) is 7.70. The Balaban J connectivity index is 1.29. The second kappa shape index (κ2) is 10.3. The highest BCUT2D eigenvalue weighted by atomic mass is 16.6. The minimum absolute atomic E-state index is 0.0153. The molecule has 0 unspecified atom stereocenters. The molecule has 2 N–H and O–H groups in total. The maximum atomic E-state index is 12.7. The van der Waals surface area contributed by atoms with Gasteiger partial charge in [0.2, 0.25) is 0 Å². The van der Waals surface area contributed by atoms with E-state index in [4.69, 9.17) is 24.7 Å². The van der Waals surface area contributed by atoms with Crippen molar-refractivity contribution in [2.75, 3.05) is 20.3 Å². The van der Waals surface area contributed by atoms with Gasteiger partial charge in [0.25, 0.3) is 0 Å². The molecule has 0 radical (unpaired) electrons. The summed E-state index contributed by atoms with van der Waals surface area (Å²) in [6, 6.07) is -0.769. The van der Waals surface area contributed by atoms with Gasteiger partial charge in [-0.2, -0.15) is 0 Å². The van der Waals surface area contributed by atoms with Crippen molar-refractivity contribution < 1.29 is 38.1 Å². The Labute approximate surface area is 218 Å². The van der Waals surface area contributed by atoms with Crippen LogP contribution in [0.15, 0.2) is 36.0 Å². The summed E-state index contributed by atoms with van der Waals surface area (Å²) < 4.78 is 28.3. The first-order chi connectivity index (χ1) is 17.5. The van der Waals surface area contributed by atoms with Crippen LogP contribution in [0.25, 0.3) is 0 Å². The molecular formula is C28H39NO8. The van der Waals surface area contributed by atoms with Crippen molar-refractivity contribution >= 4 is 17.9 Å². The summed E-state index contributed by atoms with van der Waals surface area (Å²) in [5.74, 6) is -1.73. The number of fused-ring (bicyclic) bond motifs is 2. The van der Waals surface area contributed by atoms with E-state index in [1.807, 2.05) is 0 Å². The van der Waals surface area contributed by atoms with Crippen molar-refractivity contribution in [3.8, 4) is 0 Å². The Morgan fingerprint density at radius 3 is 2.54 bits per heavy atom. The topological polar surface area (TPSA) is 127 Å². The Bertz CT molecular complexity index is 1010. The van der Waals surface area contributed by atoms with Crippen LogP contribution in [-0.2, 0) is 38.1 Å². The minimum atomic E-state index is -0.769. The van der Waals surface area contributed by atoms with Crippen LogP contribution in [0.5, 0.6) is 0 Å². The number of hydrogen-bond acceptors (Lipinski definition) is 9. The zero-order chi connectivity index (χ0) is 27.0. The van der Waals surface area contributed by atoms with Gasteiger partial charge in [0.15, 0.2) is 0 Å². The number of allylic oxidation sites excluding steroid dienone is 3. The molecule has 0 aromatic rings. The van der Waals surface area contributed by atoms with E-state index < -0.39 is 29.6 Å². The van der Waals surface area contributed by atoms with Crippen molar-refractivity contribution in [2.24, 2.45) is 22.5 Å². The summed E-state index contributed by atoms with van der Waals surface area (Å²) in [5, 5.41) is 0.